The molecule has 0 rings (SSSR count). The van der Waals surface area contributed by atoms with Gasteiger partial charge in [0.05, 0.1) is 0 Å². The summed E-state index contributed by atoms with van der Waals surface area (Å²) in [5.41, 5.74) is 0. The van der Waals surface area contributed by atoms with Gasteiger partial charge in [-0.15, -0.1) is 0 Å². The van der Waals surface area contributed by atoms with E-state index in [0.717, 1.165) is 5.92 Å². The predicted octanol–water partition coefficient (Wildman–Crippen LogP) is 3.82. The van der Waals surface area contributed by atoms with Crippen LogP contribution in [0.15, 0.2) is 0 Å². The van der Waals surface area contributed by atoms with Gasteiger partial charge in [-0.1, -0.05) is 52.9 Å². The average molecular weight is 141 g/mol. The molecule has 1 atom stereocenters. The first-order valence-corrected chi connectivity index (χ1v) is 4.64. The first kappa shape index (κ1) is 10.0. The van der Waals surface area contributed by atoms with Crippen LogP contribution in [0, 0.1) is 12.3 Å². The van der Waals surface area contributed by atoms with Gasteiger partial charge in [0.2, 0.25) is 0 Å². The lowest BCUT2D eigenvalue weighted by Crippen LogP contribution is -1.93. The molecule has 1 unspecified atom stereocenters. The topological polar surface area (TPSA) is 0 Å². The Morgan fingerprint density at radius 1 is 1.20 bits per heavy atom. The minimum Gasteiger partial charge on any atom is -0.0654 e. The van der Waals surface area contributed by atoms with Crippen LogP contribution in [0.5, 0.6) is 0 Å². The van der Waals surface area contributed by atoms with Crippen molar-refractivity contribution in [3.05, 3.63) is 6.42 Å². The maximum Gasteiger partial charge on any atom is -0.0360 e. The van der Waals surface area contributed by atoms with E-state index in [1.165, 1.54) is 32.1 Å². The Hall–Kier alpha value is 0. The molecule has 0 aliphatic rings. The third-order valence-electron chi connectivity index (χ3n) is 1.90. The summed E-state index contributed by atoms with van der Waals surface area (Å²) in [4.78, 5) is 0. The standard InChI is InChI=1S/C10H21/c1-4-6-7-9-10(3)8-5-2/h8,10H,4-7,9H2,1-3H3. The Morgan fingerprint density at radius 3 is 2.40 bits per heavy atom. The van der Waals surface area contributed by atoms with Crippen LogP contribution < -0.4 is 0 Å². The molecule has 0 saturated carbocycles. The highest BCUT2D eigenvalue weighted by Crippen LogP contribution is 2.12. The van der Waals surface area contributed by atoms with Crippen LogP contribution in [0.1, 0.15) is 52.9 Å². The van der Waals surface area contributed by atoms with Gasteiger partial charge < -0.3 is 0 Å². The highest BCUT2D eigenvalue weighted by atomic mass is 14.0. The van der Waals surface area contributed by atoms with E-state index in [4.69, 9.17) is 0 Å². The number of hydrogen-bond donors (Lipinski definition) is 0. The molecule has 0 aromatic rings. The van der Waals surface area contributed by atoms with Crippen molar-refractivity contribution in [2.75, 3.05) is 0 Å². The molecule has 61 valence electrons. The minimum absolute atomic E-state index is 0.844. The molecular formula is C10H21. The lowest BCUT2D eigenvalue weighted by atomic mass is 9.99. The lowest BCUT2D eigenvalue weighted by Gasteiger charge is -2.07. The van der Waals surface area contributed by atoms with Gasteiger partial charge in [-0.3, -0.25) is 0 Å². The van der Waals surface area contributed by atoms with Gasteiger partial charge in [-0.05, 0) is 12.3 Å². The largest absolute Gasteiger partial charge is 0.0654 e. The third-order valence-corrected chi connectivity index (χ3v) is 1.90. The van der Waals surface area contributed by atoms with E-state index >= 15 is 0 Å². The predicted molar refractivity (Wildman–Crippen MR) is 47.9 cm³/mol. The summed E-state index contributed by atoms with van der Waals surface area (Å²) in [5, 5.41) is 0. The van der Waals surface area contributed by atoms with Crippen molar-refractivity contribution in [2.24, 2.45) is 5.92 Å². The van der Waals surface area contributed by atoms with Gasteiger partial charge in [0.1, 0.15) is 0 Å². The summed E-state index contributed by atoms with van der Waals surface area (Å²) >= 11 is 0. The van der Waals surface area contributed by atoms with Crippen LogP contribution in [0.3, 0.4) is 0 Å². The number of unbranched alkanes of at least 4 members (excludes halogenated alkanes) is 2. The van der Waals surface area contributed by atoms with Crippen molar-refractivity contribution in [2.45, 2.75) is 52.9 Å². The molecule has 0 heterocycles. The summed E-state index contributed by atoms with van der Waals surface area (Å²) < 4.78 is 0. The zero-order chi connectivity index (χ0) is 7.82. The van der Waals surface area contributed by atoms with Crippen molar-refractivity contribution in [3.63, 3.8) is 0 Å². The molecule has 0 aromatic heterocycles. The number of rotatable bonds is 6. The zero-order valence-electron chi connectivity index (χ0n) is 7.69. The van der Waals surface area contributed by atoms with E-state index < -0.39 is 0 Å². The maximum atomic E-state index is 2.41. The van der Waals surface area contributed by atoms with Crippen molar-refractivity contribution in [1.82, 2.24) is 0 Å². The van der Waals surface area contributed by atoms with Gasteiger partial charge in [0.15, 0.2) is 0 Å². The summed E-state index contributed by atoms with van der Waals surface area (Å²) in [5.74, 6) is 0.844. The normalized spacial score (nSPS) is 13.5. The first-order chi connectivity index (χ1) is 4.81. The lowest BCUT2D eigenvalue weighted by molar-refractivity contribution is 0.538. The molecule has 1 radical (unpaired) electrons. The van der Waals surface area contributed by atoms with Crippen molar-refractivity contribution in [1.29, 1.82) is 0 Å². The Bertz CT molecular complexity index is 57.1. The summed E-state index contributed by atoms with van der Waals surface area (Å²) in [6, 6.07) is 0. The van der Waals surface area contributed by atoms with Crippen molar-refractivity contribution >= 4 is 0 Å². The minimum atomic E-state index is 0.844. The molecule has 10 heavy (non-hydrogen) atoms. The quantitative estimate of drug-likeness (QED) is 0.493. The zero-order valence-corrected chi connectivity index (χ0v) is 7.69. The third kappa shape index (κ3) is 6.12. The summed E-state index contributed by atoms with van der Waals surface area (Å²) in [6.45, 7) is 6.80. The SMILES string of the molecule is CC[CH]C(C)CCCCC. The highest BCUT2D eigenvalue weighted by molar-refractivity contribution is 4.69. The molecule has 0 nitrogen and oxygen atoms in total. The fourth-order valence-corrected chi connectivity index (χ4v) is 1.24. The fourth-order valence-electron chi connectivity index (χ4n) is 1.24. The van der Waals surface area contributed by atoms with Crippen LogP contribution in [0.2, 0.25) is 0 Å². The Kier molecular flexibility index (Phi) is 7.11. The van der Waals surface area contributed by atoms with Crippen LogP contribution in [0.25, 0.3) is 0 Å². The Labute approximate surface area is 66.0 Å². The molecule has 0 aromatic carbocycles. The van der Waals surface area contributed by atoms with Crippen LogP contribution >= 0.6 is 0 Å². The highest BCUT2D eigenvalue weighted by Gasteiger charge is 1.98. The molecule has 0 heteroatoms. The van der Waals surface area contributed by atoms with E-state index in [1.54, 1.807) is 0 Å². The summed E-state index contributed by atoms with van der Waals surface area (Å²) in [6.07, 6.45) is 9.19. The number of hydrogen-bond acceptors (Lipinski definition) is 0. The Morgan fingerprint density at radius 2 is 1.90 bits per heavy atom. The van der Waals surface area contributed by atoms with Crippen molar-refractivity contribution in [3.8, 4) is 0 Å². The monoisotopic (exact) mass is 141 g/mol. The molecular weight excluding hydrogens is 120 g/mol. The van der Waals surface area contributed by atoms with E-state index in [-0.39, 0.29) is 0 Å². The van der Waals surface area contributed by atoms with E-state index in [0.29, 0.717) is 0 Å². The van der Waals surface area contributed by atoms with Crippen LogP contribution in [-0.2, 0) is 0 Å². The maximum absolute atomic E-state index is 2.41. The fraction of sp³-hybridized carbons (Fsp3) is 0.900. The van der Waals surface area contributed by atoms with Crippen molar-refractivity contribution < 1.29 is 0 Å². The average Bonchev–Trinajstić information content (AvgIpc) is 1.89. The molecule has 0 aliphatic carbocycles. The van der Waals surface area contributed by atoms with E-state index in [2.05, 4.69) is 27.2 Å². The van der Waals surface area contributed by atoms with Gasteiger partial charge in [-0.2, -0.15) is 0 Å². The molecule has 0 fully saturated rings. The molecule has 0 saturated heterocycles. The molecule has 0 spiro atoms. The van der Waals surface area contributed by atoms with Crippen LogP contribution in [0.4, 0.5) is 0 Å². The molecule has 0 bridgehead atoms. The van der Waals surface area contributed by atoms with Crippen LogP contribution in [-0.4, -0.2) is 0 Å². The van der Waals surface area contributed by atoms with Gasteiger partial charge >= 0.3 is 0 Å². The Balaban J connectivity index is 2.97. The van der Waals surface area contributed by atoms with Gasteiger partial charge in [-0.25, -0.2) is 0 Å². The molecule has 0 aliphatic heterocycles. The second-order valence-electron chi connectivity index (χ2n) is 3.12. The molecule has 0 N–H and O–H groups in total. The smallest absolute Gasteiger partial charge is 0.0360 e. The second-order valence-corrected chi connectivity index (χ2v) is 3.12. The molecule has 0 amide bonds. The van der Waals surface area contributed by atoms with Gasteiger partial charge in [0, 0.05) is 0 Å². The summed E-state index contributed by atoms with van der Waals surface area (Å²) in [7, 11) is 0. The first-order valence-electron chi connectivity index (χ1n) is 4.64. The van der Waals surface area contributed by atoms with Gasteiger partial charge in [0.25, 0.3) is 0 Å². The van der Waals surface area contributed by atoms with E-state index in [1.807, 2.05) is 0 Å². The second kappa shape index (κ2) is 7.11. The van der Waals surface area contributed by atoms with E-state index in [9.17, 15) is 0 Å².